The zero-order valence-corrected chi connectivity index (χ0v) is 15.5. The number of aliphatic carboxylic acids is 1. The van der Waals surface area contributed by atoms with Crippen LogP contribution in [0.1, 0.15) is 22.5 Å². The minimum Gasteiger partial charge on any atom is -0.481 e. The first kappa shape index (κ1) is 20.0. The molecule has 3 N–H and O–H groups in total. The van der Waals surface area contributed by atoms with Gasteiger partial charge in [0.05, 0.1) is 6.42 Å². The molecule has 0 atom stereocenters. The number of amides is 1. The van der Waals surface area contributed by atoms with Crippen LogP contribution < -0.4 is 10.0 Å². The number of carbonyl (C=O) groups excluding carboxylic acids is 1. The Bertz CT molecular complexity index is 892. The van der Waals surface area contributed by atoms with Crippen molar-refractivity contribution >= 4 is 39.3 Å². The van der Waals surface area contributed by atoms with Crippen LogP contribution in [0.15, 0.2) is 45.9 Å². The summed E-state index contributed by atoms with van der Waals surface area (Å²) in [6.07, 6.45) is 0.0947. The van der Waals surface area contributed by atoms with Crippen molar-refractivity contribution in [1.29, 1.82) is 0 Å². The average Bonchev–Trinajstić information content (AvgIpc) is 3.10. The van der Waals surface area contributed by atoms with Gasteiger partial charge >= 0.3 is 5.97 Å². The van der Waals surface area contributed by atoms with E-state index in [0.717, 1.165) is 5.56 Å². The van der Waals surface area contributed by atoms with Crippen molar-refractivity contribution in [3.8, 4) is 0 Å². The van der Waals surface area contributed by atoms with Gasteiger partial charge in [-0.2, -0.15) is 11.8 Å². The van der Waals surface area contributed by atoms with Crippen LogP contribution in [0.2, 0.25) is 0 Å². The molecular formula is C16H18N2O6S2. The number of carboxylic acid groups (broad SMARTS) is 1. The first-order valence-corrected chi connectivity index (χ1v) is 10.2. The van der Waals surface area contributed by atoms with Crippen molar-refractivity contribution in [2.45, 2.75) is 17.3 Å². The summed E-state index contributed by atoms with van der Waals surface area (Å²) < 4.78 is 30.5. The molecule has 2 rings (SSSR count). The molecule has 0 unspecified atom stereocenters. The molecule has 140 valence electrons. The van der Waals surface area contributed by atoms with Gasteiger partial charge in [-0.15, -0.1) is 0 Å². The standard InChI is InChI=1S/C16H18N2O6S2/c1-17-26(22,23)15-6-5-13(24-15)16(21)18-12-4-2-3-11(9-12)10-25-8-7-14(19)20/h2-6,9,17H,7-8,10H2,1H3,(H,18,21)(H,19,20). The van der Waals surface area contributed by atoms with Crippen molar-refractivity contribution in [2.75, 3.05) is 18.1 Å². The highest BCUT2D eigenvalue weighted by atomic mass is 32.2. The Morgan fingerprint density at radius 3 is 2.69 bits per heavy atom. The average molecular weight is 398 g/mol. The van der Waals surface area contributed by atoms with Gasteiger partial charge in [-0.3, -0.25) is 9.59 Å². The van der Waals surface area contributed by atoms with E-state index in [1.807, 2.05) is 6.07 Å². The van der Waals surface area contributed by atoms with Gasteiger partial charge in [-0.1, -0.05) is 12.1 Å². The molecule has 0 saturated heterocycles. The van der Waals surface area contributed by atoms with E-state index in [1.165, 1.54) is 30.9 Å². The summed E-state index contributed by atoms with van der Waals surface area (Å²) in [5.74, 6) is -0.418. The van der Waals surface area contributed by atoms with Gasteiger partial charge in [0.1, 0.15) is 0 Å². The Labute approximate surface area is 155 Å². The Kier molecular flexibility index (Phi) is 6.83. The maximum Gasteiger partial charge on any atom is 0.304 e. The lowest BCUT2D eigenvalue weighted by molar-refractivity contribution is -0.136. The number of rotatable bonds is 9. The van der Waals surface area contributed by atoms with Gasteiger partial charge in [0.25, 0.3) is 15.9 Å². The predicted molar refractivity (Wildman–Crippen MR) is 97.8 cm³/mol. The third-order valence-electron chi connectivity index (χ3n) is 3.25. The summed E-state index contributed by atoms with van der Waals surface area (Å²) in [5, 5.41) is 10.9. The van der Waals surface area contributed by atoms with Gasteiger partial charge in [0.2, 0.25) is 5.09 Å². The quantitative estimate of drug-likeness (QED) is 0.553. The number of sulfonamides is 1. The lowest BCUT2D eigenvalue weighted by Gasteiger charge is -2.06. The van der Waals surface area contributed by atoms with Crippen molar-refractivity contribution in [2.24, 2.45) is 0 Å². The summed E-state index contributed by atoms with van der Waals surface area (Å²) in [5.41, 5.74) is 1.46. The Morgan fingerprint density at radius 1 is 1.23 bits per heavy atom. The first-order chi connectivity index (χ1) is 12.3. The number of furan rings is 1. The molecule has 1 amide bonds. The van der Waals surface area contributed by atoms with E-state index >= 15 is 0 Å². The van der Waals surface area contributed by atoms with Crippen LogP contribution in [0.25, 0.3) is 0 Å². The zero-order chi connectivity index (χ0) is 19.2. The number of thioether (sulfide) groups is 1. The van der Waals surface area contributed by atoms with Gasteiger partial charge in [-0.25, -0.2) is 13.1 Å². The number of nitrogens with one attached hydrogen (secondary N) is 2. The molecule has 0 aliphatic heterocycles. The van der Waals surface area contributed by atoms with E-state index in [-0.39, 0.29) is 17.3 Å². The molecule has 10 heteroatoms. The molecule has 0 aliphatic rings. The van der Waals surface area contributed by atoms with E-state index in [2.05, 4.69) is 10.0 Å². The van der Waals surface area contributed by atoms with Gasteiger partial charge < -0.3 is 14.8 Å². The van der Waals surface area contributed by atoms with Crippen LogP contribution in [-0.2, 0) is 20.6 Å². The van der Waals surface area contributed by atoms with E-state index in [9.17, 15) is 18.0 Å². The van der Waals surface area contributed by atoms with Crippen molar-refractivity contribution in [3.63, 3.8) is 0 Å². The summed E-state index contributed by atoms with van der Waals surface area (Å²) in [4.78, 5) is 22.7. The van der Waals surface area contributed by atoms with Crippen LogP contribution in [-0.4, -0.2) is 38.2 Å². The van der Waals surface area contributed by atoms with Crippen LogP contribution >= 0.6 is 11.8 Å². The van der Waals surface area contributed by atoms with Gasteiger partial charge in [-0.05, 0) is 36.9 Å². The second kappa shape index (κ2) is 8.88. The first-order valence-electron chi connectivity index (χ1n) is 7.55. The van der Waals surface area contributed by atoms with Crippen molar-refractivity contribution < 1.29 is 27.5 Å². The predicted octanol–water partition coefficient (Wildman–Crippen LogP) is 2.15. The Balaban J connectivity index is 1.99. The van der Waals surface area contributed by atoms with Gasteiger partial charge in [0.15, 0.2) is 5.76 Å². The third-order valence-corrected chi connectivity index (χ3v) is 5.57. The third kappa shape index (κ3) is 5.61. The van der Waals surface area contributed by atoms with Crippen LogP contribution in [0.4, 0.5) is 5.69 Å². The molecule has 26 heavy (non-hydrogen) atoms. The highest BCUT2D eigenvalue weighted by molar-refractivity contribution is 7.98. The maximum atomic E-state index is 12.2. The summed E-state index contributed by atoms with van der Waals surface area (Å²) in [6, 6.07) is 9.58. The number of carbonyl (C=O) groups is 2. The van der Waals surface area contributed by atoms with E-state index in [0.29, 0.717) is 17.2 Å². The molecule has 0 aliphatic carbocycles. The molecule has 2 aromatic rings. The molecular weight excluding hydrogens is 380 g/mol. The number of benzene rings is 1. The molecule has 0 fully saturated rings. The summed E-state index contributed by atoms with van der Waals surface area (Å²) in [7, 11) is -2.50. The molecule has 8 nitrogen and oxygen atoms in total. The van der Waals surface area contributed by atoms with E-state index in [1.54, 1.807) is 18.2 Å². The zero-order valence-electron chi connectivity index (χ0n) is 13.9. The molecule has 0 bridgehead atoms. The second-order valence-corrected chi connectivity index (χ2v) is 8.10. The summed E-state index contributed by atoms with van der Waals surface area (Å²) >= 11 is 1.48. The molecule has 0 saturated carbocycles. The Hall–Kier alpha value is -2.30. The van der Waals surface area contributed by atoms with E-state index in [4.69, 9.17) is 9.52 Å². The fraction of sp³-hybridized carbons (Fsp3) is 0.250. The normalized spacial score (nSPS) is 11.3. The fourth-order valence-electron chi connectivity index (χ4n) is 1.97. The number of hydrogen-bond donors (Lipinski definition) is 3. The smallest absolute Gasteiger partial charge is 0.304 e. The highest BCUT2D eigenvalue weighted by Crippen LogP contribution is 2.19. The fourth-order valence-corrected chi connectivity index (χ4v) is 3.49. The number of hydrogen-bond acceptors (Lipinski definition) is 6. The highest BCUT2D eigenvalue weighted by Gasteiger charge is 2.19. The Morgan fingerprint density at radius 2 is 2.00 bits per heavy atom. The van der Waals surface area contributed by atoms with Crippen molar-refractivity contribution in [3.05, 3.63) is 47.7 Å². The number of anilines is 1. The molecule has 0 spiro atoms. The molecule has 1 heterocycles. The van der Waals surface area contributed by atoms with Crippen molar-refractivity contribution in [1.82, 2.24) is 4.72 Å². The maximum absolute atomic E-state index is 12.2. The lowest BCUT2D eigenvalue weighted by atomic mass is 10.2. The summed E-state index contributed by atoms with van der Waals surface area (Å²) in [6.45, 7) is 0. The largest absolute Gasteiger partial charge is 0.481 e. The van der Waals surface area contributed by atoms with Gasteiger partial charge in [0, 0.05) is 17.2 Å². The monoisotopic (exact) mass is 398 g/mol. The lowest BCUT2D eigenvalue weighted by Crippen LogP contribution is -2.18. The molecule has 1 aromatic carbocycles. The van der Waals surface area contributed by atoms with E-state index < -0.39 is 21.9 Å². The number of carboxylic acids is 1. The molecule has 1 aromatic heterocycles. The van der Waals surface area contributed by atoms with Crippen LogP contribution in [0.5, 0.6) is 0 Å². The SMILES string of the molecule is CNS(=O)(=O)c1ccc(C(=O)Nc2cccc(CSCCC(=O)O)c2)o1. The second-order valence-electron chi connectivity index (χ2n) is 5.18. The van der Waals surface area contributed by atoms with Crippen LogP contribution in [0.3, 0.4) is 0 Å². The minimum absolute atomic E-state index is 0.0947. The topological polar surface area (TPSA) is 126 Å². The molecule has 0 radical (unpaired) electrons. The minimum atomic E-state index is -3.75. The van der Waals surface area contributed by atoms with Crippen LogP contribution in [0, 0.1) is 0 Å².